The molecule has 0 bridgehead atoms. The quantitative estimate of drug-likeness (QED) is 0.892. The van der Waals surface area contributed by atoms with E-state index in [0.29, 0.717) is 5.82 Å². The van der Waals surface area contributed by atoms with Crippen molar-refractivity contribution in [1.29, 1.82) is 0 Å². The van der Waals surface area contributed by atoms with Crippen LogP contribution in [0.15, 0.2) is 18.5 Å². The van der Waals surface area contributed by atoms with Crippen LogP contribution < -0.4 is 5.32 Å². The van der Waals surface area contributed by atoms with Crippen LogP contribution in [0.4, 0.5) is 11.5 Å². The minimum atomic E-state index is -0.961. The number of aromatic carboxylic acids is 1. The highest BCUT2D eigenvalue weighted by Crippen LogP contribution is 2.27. The van der Waals surface area contributed by atoms with Crippen LogP contribution in [-0.4, -0.2) is 25.8 Å². The van der Waals surface area contributed by atoms with Crippen molar-refractivity contribution in [2.24, 2.45) is 0 Å². The summed E-state index contributed by atoms with van der Waals surface area (Å²) in [6.45, 7) is 2.76. The minimum absolute atomic E-state index is 0.217. The Morgan fingerprint density at radius 1 is 1.50 bits per heavy atom. The Balaban J connectivity index is 1.97. The fourth-order valence-electron chi connectivity index (χ4n) is 2.47. The topological polar surface area (TPSA) is 80.0 Å². The van der Waals surface area contributed by atoms with Gasteiger partial charge in [-0.3, -0.25) is 4.68 Å². The standard InChI is InChI=1S/C14H16N4O2/c1-2-18-8-10(7-15-18)16-13-11(14(19)20)6-9-4-3-5-12(9)17-13/h6-8H,2-5H2,1H3,(H,16,17)(H,19,20). The lowest BCUT2D eigenvalue weighted by molar-refractivity contribution is 0.0697. The summed E-state index contributed by atoms with van der Waals surface area (Å²) in [7, 11) is 0. The Bertz CT molecular complexity index is 663. The molecule has 2 aromatic rings. The molecular formula is C14H16N4O2. The van der Waals surface area contributed by atoms with Crippen LogP contribution in [0.2, 0.25) is 0 Å². The van der Waals surface area contributed by atoms with Crippen molar-refractivity contribution < 1.29 is 9.90 Å². The molecular weight excluding hydrogens is 256 g/mol. The third-order valence-corrected chi connectivity index (χ3v) is 3.50. The zero-order valence-electron chi connectivity index (χ0n) is 11.3. The smallest absolute Gasteiger partial charge is 0.339 e. The number of carboxylic acid groups (broad SMARTS) is 1. The Morgan fingerprint density at radius 3 is 3.05 bits per heavy atom. The summed E-state index contributed by atoms with van der Waals surface area (Å²) >= 11 is 0. The molecule has 2 aromatic heterocycles. The fraction of sp³-hybridized carbons (Fsp3) is 0.357. The molecule has 0 unspecified atom stereocenters. The first kappa shape index (κ1) is 12.7. The van der Waals surface area contributed by atoms with Crippen molar-refractivity contribution in [3.05, 3.63) is 35.3 Å². The average molecular weight is 272 g/mol. The molecule has 20 heavy (non-hydrogen) atoms. The summed E-state index contributed by atoms with van der Waals surface area (Å²) in [6.07, 6.45) is 6.37. The first-order valence-corrected chi connectivity index (χ1v) is 6.73. The number of aromatic nitrogens is 3. The van der Waals surface area contributed by atoms with Crippen LogP contribution in [-0.2, 0) is 19.4 Å². The van der Waals surface area contributed by atoms with Crippen molar-refractivity contribution in [1.82, 2.24) is 14.8 Å². The van der Waals surface area contributed by atoms with Crippen LogP contribution in [0.5, 0.6) is 0 Å². The Kier molecular flexibility index (Phi) is 3.14. The van der Waals surface area contributed by atoms with Gasteiger partial charge in [0.05, 0.1) is 11.9 Å². The van der Waals surface area contributed by atoms with Gasteiger partial charge in [-0.2, -0.15) is 5.10 Å². The molecule has 0 radical (unpaired) electrons. The lowest BCUT2D eigenvalue weighted by Gasteiger charge is -2.09. The van der Waals surface area contributed by atoms with Crippen molar-refractivity contribution in [3.8, 4) is 0 Å². The molecule has 0 saturated carbocycles. The van der Waals surface area contributed by atoms with Crippen LogP contribution in [0.25, 0.3) is 0 Å². The predicted molar refractivity (Wildman–Crippen MR) is 74.4 cm³/mol. The van der Waals surface area contributed by atoms with Gasteiger partial charge in [0.15, 0.2) is 0 Å². The number of hydrogen-bond donors (Lipinski definition) is 2. The van der Waals surface area contributed by atoms with Crippen molar-refractivity contribution in [2.45, 2.75) is 32.7 Å². The normalized spacial score (nSPS) is 13.2. The molecule has 104 valence electrons. The molecule has 6 heteroatoms. The maximum Gasteiger partial charge on any atom is 0.339 e. The Hall–Kier alpha value is -2.37. The summed E-state index contributed by atoms with van der Waals surface area (Å²) in [6, 6.07) is 1.74. The van der Waals surface area contributed by atoms with Crippen molar-refractivity contribution in [3.63, 3.8) is 0 Å². The Morgan fingerprint density at radius 2 is 2.35 bits per heavy atom. The molecule has 6 nitrogen and oxygen atoms in total. The molecule has 1 aliphatic carbocycles. The SMILES string of the molecule is CCn1cc(Nc2nc3c(cc2C(=O)O)CCC3)cn1. The lowest BCUT2D eigenvalue weighted by atomic mass is 10.1. The van der Waals surface area contributed by atoms with Crippen molar-refractivity contribution in [2.75, 3.05) is 5.32 Å². The predicted octanol–water partition coefficient (Wildman–Crippen LogP) is 2.23. The second-order valence-corrected chi connectivity index (χ2v) is 4.86. The maximum absolute atomic E-state index is 11.4. The monoisotopic (exact) mass is 272 g/mol. The van der Waals surface area contributed by atoms with E-state index in [0.717, 1.165) is 42.8 Å². The molecule has 0 amide bonds. The van der Waals surface area contributed by atoms with Gasteiger partial charge in [0.1, 0.15) is 11.4 Å². The number of fused-ring (bicyclic) bond motifs is 1. The molecule has 0 fully saturated rings. The average Bonchev–Trinajstić information content (AvgIpc) is 3.05. The number of aryl methyl sites for hydroxylation is 3. The summed E-state index contributed by atoms with van der Waals surface area (Å²) in [4.78, 5) is 15.8. The number of carbonyl (C=O) groups is 1. The lowest BCUT2D eigenvalue weighted by Crippen LogP contribution is -2.07. The highest BCUT2D eigenvalue weighted by molar-refractivity contribution is 5.94. The second-order valence-electron chi connectivity index (χ2n) is 4.86. The van der Waals surface area contributed by atoms with Gasteiger partial charge in [0.25, 0.3) is 0 Å². The summed E-state index contributed by atoms with van der Waals surface area (Å²) in [5, 5.41) is 16.5. The minimum Gasteiger partial charge on any atom is -0.478 e. The third-order valence-electron chi connectivity index (χ3n) is 3.50. The summed E-state index contributed by atoms with van der Waals surface area (Å²) in [5.41, 5.74) is 3.02. The van der Waals surface area contributed by atoms with Gasteiger partial charge in [0, 0.05) is 18.4 Å². The van der Waals surface area contributed by atoms with E-state index in [-0.39, 0.29) is 5.56 Å². The number of hydrogen-bond acceptors (Lipinski definition) is 4. The maximum atomic E-state index is 11.4. The first-order valence-electron chi connectivity index (χ1n) is 6.73. The highest BCUT2D eigenvalue weighted by atomic mass is 16.4. The van der Waals surface area contributed by atoms with Crippen LogP contribution in [0.1, 0.15) is 35.0 Å². The first-order chi connectivity index (χ1) is 9.67. The van der Waals surface area contributed by atoms with Gasteiger partial charge in [-0.1, -0.05) is 0 Å². The van der Waals surface area contributed by atoms with Gasteiger partial charge in [0.2, 0.25) is 0 Å². The van der Waals surface area contributed by atoms with E-state index in [4.69, 9.17) is 0 Å². The van der Waals surface area contributed by atoms with Gasteiger partial charge < -0.3 is 10.4 Å². The molecule has 0 aliphatic heterocycles. The number of pyridine rings is 1. The van der Waals surface area contributed by atoms with E-state index in [1.54, 1.807) is 16.9 Å². The van der Waals surface area contributed by atoms with Gasteiger partial charge in [-0.25, -0.2) is 9.78 Å². The molecule has 0 atom stereocenters. The third kappa shape index (κ3) is 2.24. The summed E-state index contributed by atoms with van der Waals surface area (Å²) in [5.74, 6) is -0.564. The molecule has 2 heterocycles. The molecule has 0 aromatic carbocycles. The molecule has 0 spiro atoms. The van der Waals surface area contributed by atoms with Crippen LogP contribution in [0, 0.1) is 0 Å². The van der Waals surface area contributed by atoms with E-state index in [2.05, 4.69) is 15.4 Å². The zero-order chi connectivity index (χ0) is 14.1. The van der Waals surface area contributed by atoms with Crippen LogP contribution in [0.3, 0.4) is 0 Å². The zero-order valence-corrected chi connectivity index (χ0v) is 11.3. The fourth-order valence-corrected chi connectivity index (χ4v) is 2.47. The van der Waals surface area contributed by atoms with E-state index in [1.807, 2.05) is 13.1 Å². The second kappa shape index (κ2) is 4.96. The van der Waals surface area contributed by atoms with Gasteiger partial charge in [-0.05, 0) is 37.8 Å². The van der Waals surface area contributed by atoms with E-state index in [1.165, 1.54) is 0 Å². The largest absolute Gasteiger partial charge is 0.478 e. The number of nitrogens with zero attached hydrogens (tertiary/aromatic N) is 3. The van der Waals surface area contributed by atoms with Gasteiger partial charge in [-0.15, -0.1) is 0 Å². The van der Waals surface area contributed by atoms with E-state index < -0.39 is 5.97 Å². The number of anilines is 2. The van der Waals surface area contributed by atoms with E-state index in [9.17, 15) is 9.90 Å². The number of nitrogens with one attached hydrogen (secondary N) is 1. The molecule has 3 rings (SSSR count). The highest BCUT2D eigenvalue weighted by Gasteiger charge is 2.20. The molecule has 1 aliphatic rings. The van der Waals surface area contributed by atoms with Crippen molar-refractivity contribution >= 4 is 17.5 Å². The summed E-state index contributed by atoms with van der Waals surface area (Å²) < 4.78 is 1.77. The number of carboxylic acids is 1. The van der Waals surface area contributed by atoms with E-state index >= 15 is 0 Å². The molecule has 0 saturated heterocycles. The Labute approximate surface area is 116 Å². The van der Waals surface area contributed by atoms with Gasteiger partial charge >= 0.3 is 5.97 Å². The van der Waals surface area contributed by atoms with Crippen LogP contribution >= 0.6 is 0 Å². The number of rotatable bonds is 4. The molecule has 2 N–H and O–H groups in total.